The van der Waals surface area contributed by atoms with Crippen LogP contribution in [0.15, 0.2) is 46.9 Å². The van der Waals surface area contributed by atoms with Gasteiger partial charge in [0.15, 0.2) is 5.16 Å². The molecule has 2 aromatic rings. The van der Waals surface area contributed by atoms with E-state index in [4.69, 9.17) is 14.2 Å². The van der Waals surface area contributed by atoms with E-state index in [9.17, 15) is 22.8 Å². The third-order valence-corrected chi connectivity index (χ3v) is 5.74. The van der Waals surface area contributed by atoms with E-state index in [2.05, 4.69) is 20.6 Å². The molecule has 1 aromatic heterocycles. The van der Waals surface area contributed by atoms with Gasteiger partial charge in [-0.15, -0.1) is 0 Å². The van der Waals surface area contributed by atoms with E-state index in [1.165, 1.54) is 14.2 Å². The predicted molar refractivity (Wildman–Crippen MR) is 120 cm³/mol. The fourth-order valence-corrected chi connectivity index (χ4v) is 4.18. The van der Waals surface area contributed by atoms with Crippen molar-refractivity contribution in [2.45, 2.75) is 30.9 Å². The van der Waals surface area contributed by atoms with Crippen molar-refractivity contribution in [1.29, 1.82) is 0 Å². The molecule has 188 valence electrons. The highest BCUT2D eigenvalue weighted by molar-refractivity contribution is 7.99. The van der Waals surface area contributed by atoms with Gasteiger partial charge in [-0.2, -0.15) is 13.2 Å². The van der Waals surface area contributed by atoms with Gasteiger partial charge in [-0.1, -0.05) is 17.8 Å². The van der Waals surface area contributed by atoms with Crippen molar-refractivity contribution in [3.8, 4) is 5.75 Å². The van der Waals surface area contributed by atoms with Crippen molar-refractivity contribution >= 4 is 23.8 Å². The maximum Gasteiger partial charge on any atom is 0.433 e. The van der Waals surface area contributed by atoms with Crippen molar-refractivity contribution in [2.24, 2.45) is 0 Å². The largest absolute Gasteiger partial charge is 0.496 e. The third-order valence-electron chi connectivity index (χ3n) is 4.86. The fourth-order valence-electron chi connectivity index (χ4n) is 3.38. The summed E-state index contributed by atoms with van der Waals surface area (Å²) < 4.78 is 54.7. The standard InChI is InChI=1S/C22H23F3N4O5S/c1-4-34-19(30)17-14(11-35-21-26-8-7-16(28-21)22(23,24)25)27-20(31)29-18(17)12-5-6-15(33-3)13(9-12)10-32-2/h5-9,18H,4,10-11H2,1-3H3,(H2,27,29,31)/t18-/m1/s1. The third kappa shape index (κ3) is 6.42. The van der Waals surface area contributed by atoms with Crippen LogP contribution in [0.4, 0.5) is 18.0 Å². The molecule has 0 radical (unpaired) electrons. The number of carbonyl (C=O) groups is 2. The SMILES string of the molecule is CCOC(=O)C1=C(CSc2nccc(C(F)(F)F)n2)NC(=O)N[C@@H]1c1ccc(OC)c(COC)c1. The summed E-state index contributed by atoms with van der Waals surface area (Å²) in [4.78, 5) is 32.7. The lowest BCUT2D eigenvalue weighted by Gasteiger charge is -2.29. The molecule has 0 fully saturated rings. The molecule has 3 rings (SSSR count). The first-order chi connectivity index (χ1) is 16.7. The average molecular weight is 513 g/mol. The number of ether oxygens (including phenoxy) is 3. The van der Waals surface area contributed by atoms with Crippen LogP contribution in [0, 0.1) is 0 Å². The Balaban J connectivity index is 2.00. The molecule has 13 heteroatoms. The molecule has 1 aliphatic rings. The van der Waals surface area contributed by atoms with Gasteiger partial charge in [0, 0.05) is 30.3 Å². The number of benzene rings is 1. The molecular formula is C22H23F3N4O5S. The smallest absolute Gasteiger partial charge is 0.433 e. The van der Waals surface area contributed by atoms with Gasteiger partial charge in [0.2, 0.25) is 0 Å². The monoisotopic (exact) mass is 512 g/mol. The topological polar surface area (TPSA) is 112 Å². The number of urea groups is 1. The number of nitrogens with zero attached hydrogens (tertiary/aromatic N) is 2. The lowest BCUT2D eigenvalue weighted by molar-refractivity contribution is -0.141. The zero-order valence-corrected chi connectivity index (χ0v) is 19.9. The van der Waals surface area contributed by atoms with E-state index in [0.29, 0.717) is 16.9 Å². The minimum atomic E-state index is -4.63. The Bertz CT molecular complexity index is 1130. The summed E-state index contributed by atoms with van der Waals surface area (Å²) in [6.07, 6.45) is -3.63. The number of methoxy groups -OCH3 is 2. The number of hydrogen-bond donors (Lipinski definition) is 2. The highest BCUT2D eigenvalue weighted by atomic mass is 32.2. The summed E-state index contributed by atoms with van der Waals surface area (Å²) in [5.74, 6) is -0.204. The molecular weight excluding hydrogens is 489 g/mol. The van der Waals surface area contributed by atoms with Crippen LogP contribution in [-0.4, -0.2) is 48.5 Å². The quantitative estimate of drug-likeness (QED) is 0.298. The number of carbonyl (C=O) groups excluding carboxylic acids is 2. The summed E-state index contributed by atoms with van der Waals surface area (Å²) in [5.41, 5.74) is 0.447. The van der Waals surface area contributed by atoms with Crippen molar-refractivity contribution in [3.05, 3.63) is 58.6 Å². The highest BCUT2D eigenvalue weighted by Crippen LogP contribution is 2.33. The van der Waals surface area contributed by atoms with Gasteiger partial charge >= 0.3 is 18.2 Å². The van der Waals surface area contributed by atoms with E-state index in [1.807, 2.05) is 0 Å². The van der Waals surface area contributed by atoms with Crippen LogP contribution in [0.2, 0.25) is 0 Å². The lowest BCUT2D eigenvalue weighted by Crippen LogP contribution is -2.46. The Hall–Kier alpha value is -3.32. The van der Waals surface area contributed by atoms with Crippen LogP contribution < -0.4 is 15.4 Å². The number of alkyl halides is 3. The number of nitrogens with one attached hydrogen (secondary N) is 2. The molecule has 0 unspecified atom stereocenters. The van der Waals surface area contributed by atoms with Crippen LogP contribution in [-0.2, 0) is 27.1 Å². The van der Waals surface area contributed by atoms with E-state index in [-0.39, 0.29) is 35.4 Å². The zero-order valence-electron chi connectivity index (χ0n) is 19.1. The number of amides is 2. The zero-order chi connectivity index (χ0) is 25.6. The predicted octanol–water partition coefficient (Wildman–Crippen LogP) is 3.61. The number of thioether (sulfide) groups is 1. The first-order valence-electron chi connectivity index (χ1n) is 10.3. The Morgan fingerprint density at radius 3 is 2.66 bits per heavy atom. The van der Waals surface area contributed by atoms with Crippen LogP contribution in [0.25, 0.3) is 0 Å². The van der Waals surface area contributed by atoms with Crippen molar-refractivity contribution in [3.63, 3.8) is 0 Å². The normalized spacial score (nSPS) is 15.9. The summed E-state index contributed by atoms with van der Waals surface area (Å²) in [6.45, 7) is 1.94. The molecule has 2 amide bonds. The molecule has 9 nitrogen and oxygen atoms in total. The van der Waals surface area contributed by atoms with Crippen LogP contribution >= 0.6 is 11.8 Å². The number of aromatic nitrogens is 2. The minimum Gasteiger partial charge on any atom is -0.496 e. The summed E-state index contributed by atoms with van der Waals surface area (Å²) >= 11 is 0.843. The van der Waals surface area contributed by atoms with E-state index in [1.54, 1.807) is 25.1 Å². The number of esters is 1. The second-order valence-corrected chi connectivity index (χ2v) is 8.10. The minimum absolute atomic E-state index is 0.0811. The molecule has 0 saturated carbocycles. The van der Waals surface area contributed by atoms with E-state index >= 15 is 0 Å². The van der Waals surface area contributed by atoms with Crippen LogP contribution in [0.1, 0.15) is 29.8 Å². The summed E-state index contributed by atoms with van der Waals surface area (Å²) in [6, 6.07) is 4.39. The van der Waals surface area contributed by atoms with Gasteiger partial charge in [-0.05, 0) is 30.7 Å². The molecule has 1 atom stereocenters. The van der Waals surface area contributed by atoms with Crippen molar-refractivity contribution in [2.75, 3.05) is 26.6 Å². The van der Waals surface area contributed by atoms with Gasteiger partial charge in [0.05, 0.1) is 31.9 Å². The average Bonchev–Trinajstić information content (AvgIpc) is 2.82. The van der Waals surface area contributed by atoms with E-state index in [0.717, 1.165) is 24.0 Å². The fraction of sp³-hybridized carbons (Fsp3) is 0.364. The Kier molecular flexibility index (Phi) is 8.57. The van der Waals surface area contributed by atoms with Gasteiger partial charge in [0.25, 0.3) is 0 Å². The van der Waals surface area contributed by atoms with Gasteiger partial charge in [0.1, 0.15) is 11.4 Å². The molecule has 35 heavy (non-hydrogen) atoms. The van der Waals surface area contributed by atoms with Gasteiger partial charge < -0.3 is 24.8 Å². The molecule has 0 bridgehead atoms. The second kappa shape index (κ2) is 11.4. The Morgan fingerprint density at radius 1 is 1.23 bits per heavy atom. The molecule has 1 aliphatic heterocycles. The molecule has 0 aliphatic carbocycles. The number of halogens is 3. The number of rotatable bonds is 9. The van der Waals surface area contributed by atoms with E-state index < -0.39 is 29.9 Å². The maximum atomic E-state index is 13.0. The molecule has 2 N–H and O–H groups in total. The molecule has 0 spiro atoms. The van der Waals surface area contributed by atoms with Crippen LogP contribution in [0.5, 0.6) is 5.75 Å². The lowest BCUT2D eigenvalue weighted by atomic mass is 9.94. The second-order valence-electron chi connectivity index (χ2n) is 7.16. The van der Waals surface area contributed by atoms with Gasteiger partial charge in [-0.3, -0.25) is 0 Å². The maximum absolute atomic E-state index is 13.0. The Labute approximate surface area is 203 Å². The van der Waals surface area contributed by atoms with Crippen molar-refractivity contribution < 1.29 is 37.0 Å². The molecule has 0 saturated heterocycles. The first-order valence-corrected chi connectivity index (χ1v) is 11.3. The number of hydrogen-bond acceptors (Lipinski definition) is 8. The molecule has 2 heterocycles. The Morgan fingerprint density at radius 2 is 2.00 bits per heavy atom. The van der Waals surface area contributed by atoms with Gasteiger partial charge in [-0.25, -0.2) is 19.6 Å². The summed E-state index contributed by atoms with van der Waals surface area (Å²) in [5, 5.41) is 5.11. The highest BCUT2D eigenvalue weighted by Gasteiger charge is 2.35. The summed E-state index contributed by atoms with van der Waals surface area (Å²) in [7, 11) is 3.03. The van der Waals surface area contributed by atoms with Crippen molar-refractivity contribution in [1.82, 2.24) is 20.6 Å². The van der Waals surface area contributed by atoms with Crippen LogP contribution in [0.3, 0.4) is 0 Å². The molecule has 1 aromatic carbocycles. The first kappa shape index (κ1) is 26.3.